The first-order valence-electron chi connectivity index (χ1n) is 4.91. The van der Waals surface area contributed by atoms with E-state index in [1.54, 1.807) is 0 Å². The van der Waals surface area contributed by atoms with Crippen molar-refractivity contribution < 1.29 is 0 Å². The van der Waals surface area contributed by atoms with Crippen molar-refractivity contribution in [1.29, 1.82) is 0 Å². The Morgan fingerprint density at radius 1 is 1.46 bits per heavy atom. The summed E-state index contributed by atoms with van der Waals surface area (Å²) in [5.74, 6) is 0. The highest BCUT2D eigenvalue weighted by Gasteiger charge is 2.15. The molecule has 0 unspecified atom stereocenters. The van der Waals surface area contributed by atoms with Crippen LogP contribution in [0.5, 0.6) is 0 Å². The molecule has 0 aromatic heterocycles. The highest BCUT2D eigenvalue weighted by Crippen LogP contribution is 2.31. The Bertz CT molecular complexity index is 307. The molecule has 1 N–H and O–H groups in total. The molecule has 0 saturated heterocycles. The van der Waals surface area contributed by atoms with Crippen molar-refractivity contribution in [3.63, 3.8) is 0 Å². The zero-order valence-corrected chi connectivity index (χ0v) is 8.30. The Labute approximate surface area is 79.6 Å². The van der Waals surface area contributed by atoms with E-state index in [9.17, 15) is 0 Å². The quantitative estimate of drug-likeness (QED) is 0.706. The topological polar surface area (TPSA) is 15.3 Å². The number of aryl methyl sites for hydroxylation is 1. The second-order valence-corrected chi connectivity index (χ2v) is 3.48. The molecule has 0 amide bonds. The lowest BCUT2D eigenvalue weighted by Gasteiger charge is -2.32. The van der Waals surface area contributed by atoms with Crippen LogP contribution in [-0.2, 0) is 0 Å². The minimum Gasteiger partial charge on any atom is -0.381 e. The van der Waals surface area contributed by atoms with Crippen LogP contribution >= 0.6 is 0 Å². The summed E-state index contributed by atoms with van der Waals surface area (Å²) in [6, 6.07) is 6.48. The van der Waals surface area contributed by atoms with Gasteiger partial charge in [-0.3, -0.25) is 0 Å². The van der Waals surface area contributed by atoms with Gasteiger partial charge in [0.1, 0.15) is 0 Å². The second kappa shape index (κ2) is 3.29. The largest absolute Gasteiger partial charge is 0.381 e. The number of anilines is 2. The fourth-order valence-corrected chi connectivity index (χ4v) is 1.91. The molecule has 2 nitrogen and oxygen atoms in total. The molecule has 13 heavy (non-hydrogen) atoms. The van der Waals surface area contributed by atoms with Gasteiger partial charge in [0.15, 0.2) is 0 Å². The van der Waals surface area contributed by atoms with E-state index in [0.717, 1.165) is 19.6 Å². The monoisotopic (exact) mass is 176 g/mol. The number of benzene rings is 1. The van der Waals surface area contributed by atoms with Crippen LogP contribution in [0.1, 0.15) is 12.5 Å². The van der Waals surface area contributed by atoms with Crippen LogP contribution in [0, 0.1) is 6.92 Å². The van der Waals surface area contributed by atoms with E-state index in [1.165, 1.54) is 16.9 Å². The van der Waals surface area contributed by atoms with Crippen LogP contribution in [0.2, 0.25) is 0 Å². The smallest absolute Gasteiger partial charge is 0.0608 e. The van der Waals surface area contributed by atoms with E-state index in [0.29, 0.717) is 0 Å². The molecule has 0 fully saturated rings. The number of hydrogen-bond acceptors (Lipinski definition) is 2. The third-order valence-electron chi connectivity index (χ3n) is 2.66. The lowest BCUT2D eigenvalue weighted by atomic mass is 10.1. The molecule has 0 bridgehead atoms. The molecule has 2 heteroatoms. The van der Waals surface area contributed by atoms with Crippen molar-refractivity contribution in [3.8, 4) is 0 Å². The molecular weight excluding hydrogens is 160 g/mol. The number of likely N-dealkylation sites (N-methyl/N-ethyl adjacent to an activating group) is 1. The Hall–Kier alpha value is -1.18. The van der Waals surface area contributed by atoms with E-state index in [1.807, 2.05) is 0 Å². The Balaban J connectivity index is 2.45. The van der Waals surface area contributed by atoms with Crippen LogP contribution in [0.25, 0.3) is 0 Å². The first-order chi connectivity index (χ1) is 6.33. The number of nitrogens with zero attached hydrogens (tertiary/aromatic N) is 1. The summed E-state index contributed by atoms with van der Waals surface area (Å²) < 4.78 is 0. The molecule has 1 aliphatic rings. The lowest BCUT2D eigenvalue weighted by molar-refractivity contribution is 0.813. The fraction of sp³-hybridized carbons (Fsp3) is 0.455. The average molecular weight is 176 g/mol. The normalized spacial score (nSPS) is 15.1. The summed E-state index contributed by atoms with van der Waals surface area (Å²) in [4.78, 5) is 2.42. The van der Waals surface area contributed by atoms with Crippen molar-refractivity contribution >= 4 is 11.4 Å². The SMILES string of the molecule is CCN1CCNc2c(C)cccc21. The molecule has 0 radical (unpaired) electrons. The minimum atomic E-state index is 1.06. The van der Waals surface area contributed by atoms with Crippen molar-refractivity contribution in [3.05, 3.63) is 23.8 Å². The zero-order valence-electron chi connectivity index (χ0n) is 8.30. The summed E-state index contributed by atoms with van der Waals surface area (Å²) in [7, 11) is 0. The number of fused-ring (bicyclic) bond motifs is 1. The third-order valence-corrected chi connectivity index (χ3v) is 2.66. The fourth-order valence-electron chi connectivity index (χ4n) is 1.91. The summed E-state index contributed by atoms with van der Waals surface area (Å²) in [5.41, 5.74) is 4.01. The van der Waals surface area contributed by atoms with Crippen LogP contribution < -0.4 is 10.2 Å². The number of hydrogen-bond donors (Lipinski definition) is 1. The predicted molar refractivity (Wildman–Crippen MR) is 57.6 cm³/mol. The van der Waals surface area contributed by atoms with Gasteiger partial charge >= 0.3 is 0 Å². The Morgan fingerprint density at radius 2 is 2.31 bits per heavy atom. The zero-order chi connectivity index (χ0) is 9.26. The first kappa shape index (κ1) is 8.42. The van der Waals surface area contributed by atoms with Gasteiger partial charge in [0, 0.05) is 19.6 Å². The molecule has 1 aliphatic heterocycles. The van der Waals surface area contributed by atoms with Gasteiger partial charge < -0.3 is 10.2 Å². The molecule has 70 valence electrons. The Morgan fingerprint density at radius 3 is 3.08 bits per heavy atom. The van der Waals surface area contributed by atoms with Gasteiger partial charge in [-0.2, -0.15) is 0 Å². The predicted octanol–water partition coefficient (Wildman–Crippen LogP) is 2.25. The van der Waals surface area contributed by atoms with E-state index >= 15 is 0 Å². The molecule has 0 saturated carbocycles. The number of rotatable bonds is 1. The third kappa shape index (κ3) is 1.37. The summed E-state index contributed by atoms with van der Waals surface area (Å²) >= 11 is 0. The van der Waals surface area contributed by atoms with Gasteiger partial charge in [0.05, 0.1) is 11.4 Å². The van der Waals surface area contributed by atoms with Crippen molar-refractivity contribution in [2.75, 3.05) is 29.9 Å². The van der Waals surface area contributed by atoms with Crippen molar-refractivity contribution in [1.82, 2.24) is 0 Å². The van der Waals surface area contributed by atoms with Gasteiger partial charge in [-0.05, 0) is 25.5 Å². The standard InChI is InChI=1S/C11H16N2/c1-3-13-8-7-12-11-9(2)5-4-6-10(11)13/h4-6,12H,3,7-8H2,1-2H3. The second-order valence-electron chi connectivity index (χ2n) is 3.48. The van der Waals surface area contributed by atoms with Gasteiger partial charge in [-0.1, -0.05) is 12.1 Å². The molecule has 1 aromatic carbocycles. The van der Waals surface area contributed by atoms with Crippen LogP contribution in [0.15, 0.2) is 18.2 Å². The maximum absolute atomic E-state index is 3.45. The van der Waals surface area contributed by atoms with Crippen LogP contribution in [0.3, 0.4) is 0 Å². The molecular formula is C11H16N2. The maximum Gasteiger partial charge on any atom is 0.0608 e. The molecule has 1 heterocycles. The number of nitrogens with one attached hydrogen (secondary N) is 1. The highest BCUT2D eigenvalue weighted by atomic mass is 15.2. The number of para-hydroxylation sites is 1. The lowest BCUT2D eigenvalue weighted by Crippen LogP contribution is -2.33. The molecule has 1 aromatic rings. The molecule has 2 rings (SSSR count). The van der Waals surface area contributed by atoms with Gasteiger partial charge in [0.25, 0.3) is 0 Å². The van der Waals surface area contributed by atoms with E-state index in [4.69, 9.17) is 0 Å². The summed E-state index contributed by atoms with van der Waals surface area (Å²) in [5, 5.41) is 3.45. The average Bonchev–Trinajstić information content (AvgIpc) is 2.18. The van der Waals surface area contributed by atoms with E-state index in [2.05, 4.69) is 42.3 Å². The molecule has 0 aliphatic carbocycles. The van der Waals surface area contributed by atoms with Crippen LogP contribution in [-0.4, -0.2) is 19.6 Å². The maximum atomic E-state index is 3.45. The highest BCUT2D eigenvalue weighted by molar-refractivity contribution is 5.75. The minimum absolute atomic E-state index is 1.06. The Kier molecular flexibility index (Phi) is 2.13. The van der Waals surface area contributed by atoms with Gasteiger partial charge in [-0.25, -0.2) is 0 Å². The van der Waals surface area contributed by atoms with E-state index < -0.39 is 0 Å². The summed E-state index contributed by atoms with van der Waals surface area (Å²) in [6.07, 6.45) is 0. The van der Waals surface area contributed by atoms with E-state index in [-0.39, 0.29) is 0 Å². The van der Waals surface area contributed by atoms with Gasteiger partial charge in [0.2, 0.25) is 0 Å². The molecule has 0 atom stereocenters. The van der Waals surface area contributed by atoms with Gasteiger partial charge in [-0.15, -0.1) is 0 Å². The van der Waals surface area contributed by atoms with Crippen molar-refractivity contribution in [2.45, 2.75) is 13.8 Å². The first-order valence-corrected chi connectivity index (χ1v) is 4.91. The summed E-state index contributed by atoms with van der Waals surface area (Å²) in [6.45, 7) is 7.64. The van der Waals surface area contributed by atoms with Crippen LogP contribution in [0.4, 0.5) is 11.4 Å². The van der Waals surface area contributed by atoms with Crippen molar-refractivity contribution in [2.24, 2.45) is 0 Å². The molecule has 0 spiro atoms.